The van der Waals surface area contributed by atoms with Crippen molar-refractivity contribution in [2.75, 3.05) is 31.9 Å². The Morgan fingerprint density at radius 1 is 1.48 bits per heavy atom. The van der Waals surface area contributed by atoms with Gasteiger partial charge in [0.1, 0.15) is 5.69 Å². The summed E-state index contributed by atoms with van der Waals surface area (Å²) in [5, 5.41) is 10.7. The zero-order chi connectivity index (χ0) is 15.6. The molecule has 114 valence electrons. The van der Waals surface area contributed by atoms with Gasteiger partial charge in [0, 0.05) is 37.3 Å². The number of anilines is 1. The van der Waals surface area contributed by atoms with E-state index in [2.05, 4.69) is 18.7 Å². The molecular formula is C14H20N4O3. The van der Waals surface area contributed by atoms with Gasteiger partial charge in [0.15, 0.2) is 0 Å². The van der Waals surface area contributed by atoms with Crippen LogP contribution in [0.1, 0.15) is 24.2 Å². The molecule has 21 heavy (non-hydrogen) atoms. The van der Waals surface area contributed by atoms with E-state index in [0.29, 0.717) is 24.7 Å². The maximum absolute atomic E-state index is 12.5. The highest BCUT2D eigenvalue weighted by Gasteiger charge is 2.27. The zero-order valence-corrected chi connectivity index (χ0v) is 12.3. The first-order valence-electron chi connectivity index (χ1n) is 7.01. The Balaban J connectivity index is 2.14. The first kappa shape index (κ1) is 15.2. The monoisotopic (exact) mass is 292 g/mol. The predicted molar refractivity (Wildman–Crippen MR) is 80.1 cm³/mol. The first-order valence-corrected chi connectivity index (χ1v) is 7.01. The van der Waals surface area contributed by atoms with Crippen LogP contribution < -0.4 is 5.73 Å². The number of likely N-dealkylation sites (N-methyl/N-ethyl adjacent to an activating group) is 1. The molecule has 1 saturated heterocycles. The number of nitrogen functional groups attached to an aromatic ring is 1. The highest BCUT2D eigenvalue weighted by molar-refractivity contribution is 5.95. The van der Waals surface area contributed by atoms with E-state index in [9.17, 15) is 14.9 Å². The van der Waals surface area contributed by atoms with E-state index < -0.39 is 4.92 Å². The van der Waals surface area contributed by atoms with Gasteiger partial charge in [-0.1, -0.05) is 6.92 Å². The van der Waals surface area contributed by atoms with Gasteiger partial charge in [-0.2, -0.15) is 0 Å². The van der Waals surface area contributed by atoms with E-state index in [1.807, 2.05) is 0 Å². The second-order valence-electron chi connectivity index (χ2n) is 5.26. The number of nitro groups is 1. The molecule has 2 N–H and O–H groups in total. The van der Waals surface area contributed by atoms with Crippen molar-refractivity contribution < 1.29 is 9.72 Å². The topological polar surface area (TPSA) is 92.7 Å². The zero-order valence-electron chi connectivity index (χ0n) is 12.3. The van der Waals surface area contributed by atoms with E-state index in [0.717, 1.165) is 13.1 Å². The molecule has 1 aromatic carbocycles. The summed E-state index contributed by atoms with van der Waals surface area (Å²) in [6.07, 6.45) is 0. The van der Waals surface area contributed by atoms with Crippen LogP contribution in [-0.4, -0.2) is 52.9 Å². The Kier molecular flexibility index (Phi) is 4.42. The smallest absolute Gasteiger partial charge is 0.292 e. The van der Waals surface area contributed by atoms with Gasteiger partial charge in [-0.25, -0.2) is 0 Å². The van der Waals surface area contributed by atoms with E-state index >= 15 is 0 Å². The Labute approximate surface area is 123 Å². The summed E-state index contributed by atoms with van der Waals surface area (Å²) >= 11 is 0. The van der Waals surface area contributed by atoms with Gasteiger partial charge < -0.3 is 10.6 Å². The average molecular weight is 292 g/mol. The van der Waals surface area contributed by atoms with Gasteiger partial charge >= 0.3 is 0 Å². The Bertz CT molecular complexity index is 561. The molecule has 7 heteroatoms. The second-order valence-corrected chi connectivity index (χ2v) is 5.26. The molecule has 1 aliphatic heterocycles. The van der Waals surface area contributed by atoms with Gasteiger partial charge in [0.25, 0.3) is 11.6 Å². The molecule has 7 nitrogen and oxygen atoms in total. The third-order valence-corrected chi connectivity index (χ3v) is 3.93. The molecule has 1 atom stereocenters. The second kappa shape index (κ2) is 6.09. The third kappa shape index (κ3) is 3.13. The molecule has 1 fully saturated rings. The summed E-state index contributed by atoms with van der Waals surface area (Å²) < 4.78 is 0. The van der Waals surface area contributed by atoms with Crippen LogP contribution in [0.4, 0.5) is 11.4 Å². The molecule has 1 heterocycles. The minimum Gasteiger partial charge on any atom is -0.393 e. The van der Waals surface area contributed by atoms with Crippen molar-refractivity contribution in [3.05, 3.63) is 33.9 Å². The van der Waals surface area contributed by atoms with Crippen molar-refractivity contribution >= 4 is 17.3 Å². The predicted octanol–water partition coefficient (Wildman–Crippen LogP) is 1.34. The summed E-state index contributed by atoms with van der Waals surface area (Å²) in [6, 6.07) is 4.45. The Hall–Kier alpha value is -2.15. The molecule has 1 amide bonds. The number of nitrogens with two attached hydrogens (primary N) is 1. The molecule has 0 bridgehead atoms. The van der Waals surface area contributed by atoms with Gasteiger partial charge in [-0.15, -0.1) is 0 Å². The SMILES string of the molecule is CCN1CCN(C(=O)c2ccc([N+](=O)[O-])c(N)c2)CC1C. The van der Waals surface area contributed by atoms with Crippen molar-refractivity contribution in [3.63, 3.8) is 0 Å². The standard InChI is InChI=1S/C14H20N4O3/c1-3-16-6-7-17(9-10(16)2)14(19)11-4-5-13(18(20)21)12(15)8-11/h4-5,8,10H,3,6-7,9,15H2,1-2H3. The summed E-state index contributed by atoms with van der Waals surface area (Å²) in [4.78, 5) is 26.7. The highest BCUT2D eigenvalue weighted by atomic mass is 16.6. The lowest BCUT2D eigenvalue weighted by atomic mass is 10.1. The number of benzene rings is 1. The normalized spacial score (nSPS) is 19.5. The fourth-order valence-electron chi connectivity index (χ4n) is 2.69. The van der Waals surface area contributed by atoms with Gasteiger partial charge in [-0.3, -0.25) is 19.8 Å². The minimum atomic E-state index is -0.550. The van der Waals surface area contributed by atoms with Crippen molar-refractivity contribution in [2.24, 2.45) is 0 Å². The highest BCUT2D eigenvalue weighted by Crippen LogP contribution is 2.23. The third-order valence-electron chi connectivity index (χ3n) is 3.93. The largest absolute Gasteiger partial charge is 0.393 e. The number of amides is 1. The summed E-state index contributed by atoms with van der Waals surface area (Å²) in [5.74, 6) is -0.126. The molecule has 1 aromatic rings. The van der Waals surface area contributed by atoms with Crippen molar-refractivity contribution in [1.29, 1.82) is 0 Å². The molecule has 0 saturated carbocycles. The van der Waals surface area contributed by atoms with Crippen LogP contribution in [0.5, 0.6) is 0 Å². The number of carbonyl (C=O) groups is 1. The lowest BCUT2D eigenvalue weighted by Gasteiger charge is -2.39. The Morgan fingerprint density at radius 2 is 2.19 bits per heavy atom. The molecule has 0 spiro atoms. The number of hydrogen-bond acceptors (Lipinski definition) is 5. The number of hydrogen-bond donors (Lipinski definition) is 1. The molecule has 1 unspecified atom stereocenters. The summed E-state index contributed by atoms with van der Waals surface area (Å²) in [6.45, 7) is 7.31. The molecule has 0 aromatic heterocycles. The first-order chi connectivity index (χ1) is 9.93. The van der Waals surface area contributed by atoms with Crippen molar-refractivity contribution in [2.45, 2.75) is 19.9 Å². The molecule has 1 aliphatic rings. The summed E-state index contributed by atoms with van der Waals surface area (Å²) in [7, 11) is 0. The summed E-state index contributed by atoms with van der Waals surface area (Å²) in [5.41, 5.74) is 5.89. The van der Waals surface area contributed by atoms with E-state index in [1.165, 1.54) is 18.2 Å². The van der Waals surface area contributed by atoms with E-state index in [-0.39, 0.29) is 17.3 Å². The molecule has 2 rings (SSSR count). The van der Waals surface area contributed by atoms with Crippen LogP contribution in [-0.2, 0) is 0 Å². The number of carbonyl (C=O) groups excluding carboxylic acids is 1. The van der Waals surface area contributed by atoms with Gasteiger partial charge in [0.2, 0.25) is 0 Å². The van der Waals surface area contributed by atoms with E-state index in [1.54, 1.807) is 4.90 Å². The average Bonchev–Trinajstić information content (AvgIpc) is 2.45. The quantitative estimate of drug-likeness (QED) is 0.515. The van der Waals surface area contributed by atoms with Crippen LogP contribution in [0.25, 0.3) is 0 Å². The molecule has 0 aliphatic carbocycles. The van der Waals surface area contributed by atoms with Crippen molar-refractivity contribution in [3.8, 4) is 0 Å². The Morgan fingerprint density at radius 3 is 2.71 bits per heavy atom. The minimum absolute atomic E-state index is 0.0195. The molecule has 0 radical (unpaired) electrons. The van der Waals surface area contributed by atoms with Crippen LogP contribution in [0.2, 0.25) is 0 Å². The maximum Gasteiger partial charge on any atom is 0.292 e. The number of nitro benzene ring substituents is 1. The lowest BCUT2D eigenvalue weighted by molar-refractivity contribution is -0.383. The van der Waals surface area contributed by atoms with Crippen LogP contribution in [0.15, 0.2) is 18.2 Å². The molecular weight excluding hydrogens is 272 g/mol. The van der Waals surface area contributed by atoms with E-state index in [4.69, 9.17) is 5.73 Å². The van der Waals surface area contributed by atoms with Crippen LogP contribution in [0.3, 0.4) is 0 Å². The number of rotatable bonds is 3. The maximum atomic E-state index is 12.5. The number of piperazine rings is 1. The fourth-order valence-corrected chi connectivity index (χ4v) is 2.69. The van der Waals surface area contributed by atoms with Gasteiger partial charge in [0.05, 0.1) is 4.92 Å². The van der Waals surface area contributed by atoms with Crippen molar-refractivity contribution in [1.82, 2.24) is 9.80 Å². The van der Waals surface area contributed by atoms with Crippen LogP contribution in [0, 0.1) is 10.1 Å². The number of nitrogens with zero attached hydrogens (tertiary/aromatic N) is 3. The lowest BCUT2D eigenvalue weighted by Crippen LogP contribution is -2.53. The fraction of sp³-hybridized carbons (Fsp3) is 0.500. The van der Waals surface area contributed by atoms with Crippen LogP contribution >= 0.6 is 0 Å². The van der Waals surface area contributed by atoms with Gasteiger partial charge in [-0.05, 0) is 25.6 Å².